The van der Waals surface area contributed by atoms with Gasteiger partial charge < -0.3 is 0 Å². The molecule has 0 aliphatic rings. The van der Waals surface area contributed by atoms with E-state index in [1.165, 1.54) is 4.31 Å². The molecule has 1 aromatic rings. The van der Waals surface area contributed by atoms with E-state index < -0.39 is 9.24 Å². The molecular formula is C12H18ClNO2S. The molecule has 0 aliphatic heterocycles. The zero-order valence-corrected chi connectivity index (χ0v) is 11.9. The zero-order valence-electron chi connectivity index (χ0n) is 10.4. The Hall–Kier alpha value is -0.580. The van der Waals surface area contributed by atoms with Gasteiger partial charge in [-0.25, -0.2) is 0 Å². The van der Waals surface area contributed by atoms with Crippen LogP contribution in [-0.4, -0.2) is 19.3 Å². The summed E-state index contributed by atoms with van der Waals surface area (Å²) in [5.74, 6) is 0. The first-order valence-electron chi connectivity index (χ1n) is 5.42. The number of nitrogens with zero attached hydrogens (tertiary/aromatic N) is 1. The van der Waals surface area contributed by atoms with Gasteiger partial charge in [0.25, 0.3) is 9.24 Å². The average molecular weight is 276 g/mol. The predicted octanol–water partition coefficient (Wildman–Crippen LogP) is 3.02. The van der Waals surface area contributed by atoms with E-state index in [0.29, 0.717) is 13.1 Å². The highest BCUT2D eigenvalue weighted by atomic mass is 35.7. The predicted molar refractivity (Wildman–Crippen MR) is 71.1 cm³/mol. The van der Waals surface area contributed by atoms with Crippen LogP contribution in [0.4, 0.5) is 0 Å². The van der Waals surface area contributed by atoms with Gasteiger partial charge in [-0.1, -0.05) is 51.1 Å². The topological polar surface area (TPSA) is 37.4 Å². The maximum absolute atomic E-state index is 11.5. The highest BCUT2D eigenvalue weighted by molar-refractivity contribution is 8.11. The van der Waals surface area contributed by atoms with Crippen LogP contribution in [0.2, 0.25) is 0 Å². The summed E-state index contributed by atoms with van der Waals surface area (Å²) in [4.78, 5) is 0. The summed E-state index contributed by atoms with van der Waals surface area (Å²) in [6.45, 7) is 6.64. The first-order chi connectivity index (χ1) is 7.68. The molecule has 1 aromatic carbocycles. The van der Waals surface area contributed by atoms with E-state index in [1.54, 1.807) is 0 Å². The van der Waals surface area contributed by atoms with Crippen LogP contribution in [0.5, 0.6) is 0 Å². The van der Waals surface area contributed by atoms with Crippen LogP contribution in [-0.2, 0) is 15.8 Å². The average Bonchev–Trinajstić information content (AvgIpc) is 2.15. The Labute approximate surface area is 108 Å². The largest absolute Gasteiger partial charge is 0.300 e. The summed E-state index contributed by atoms with van der Waals surface area (Å²) in [5.41, 5.74) is 0.803. The fraction of sp³-hybridized carbons (Fsp3) is 0.500. The summed E-state index contributed by atoms with van der Waals surface area (Å²) in [7, 11) is 1.76. The van der Waals surface area contributed by atoms with Gasteiger partial charge in [0.15, 0.2) is 0 Å². The van der Waals surface area contributed by atoms with Gasteiger partial charge in [-0.3, -0.25) is 0 Å². The molecule has 1 rings (SSSR count). The molecule has 0 unspecified atom stereocenters. The molecule has 0 radical (unpaired) electrons. The molecule has 0 saturated heterocycles. The van der Waals surface area contributed by atoms with Crippen LogP contribution >= 0.6 is 10.7 Å². The van der Waals surface area contributed by atoms with Gasteiger partial charge in [-0.15, -0.1) is 0 Å². The summed E-state index contributed by atoms with van der Waals surface area (Å²) >= 11 is 0. The van der Waals surface area contributed by atoms with Crippen molar-refractivity contribution in [1.29, 1.82) is 0 Å². The molecule has 0 atom stereocenters. The Bertz CT molecular complexity index is 451. The highest BCUT2D eigenvalue weighted by Crippen LogP contribution is 2.21. The summed E-state index contributed by atoms with van der Waals surface area (Å²) in [6, 6.07) is 9.43. The molecule has 0 heterocycles. The molecule has 5 heteroatoms. The fourth-order valence-corrected chi connectivity index (χ4v) is 2.66. The molecule has 0 fully saturated rings. The third-order valence-corrected chi connectivity index (χ3v) is 3.62. The minimum absolute atomic E-state index is 0.128. The number of hydrogen-bond acceptors (Lipinski definition) is 2. The molecule has 3 nitrogen and oxygen atoms in total. The smallest absolute Gasteiger partial charge is 0.195 e. The minimum Gasteiger partial charge on any atom is -0.195 e. The number of rotatable bonds is 4. The van der Waals surface area contributed by atoms with E-state index in [9.17, 15) is 8.42 Å². The first-order valence-corrected chi connectivity index (χ1v) is 7.69. The third-order valence-electron chi connectivity index (χ3n) is 2.16. The van der Waals surface area contributed by atoms with Gasteiger partial charge >= 0.3 is 0 Å². The maximum Gasteiger partial charge on any atom is 0.300 e. The Morgan fingerprint density at radius 3 is 2.12 bits per heavy atom. The molecule has 0 aliphatic carbocycles. The van der Waals surface area contributed by atoms with Crippen molar-refractivity contribution in [2.75, 3.05) is 6.54 Å². The summed E-state index contributed by atoms with van der Waals surface area (Å²) in [6.07, 6.45) is 0. The molecule has 17 heavy (non-hydrogen) atoms. The van der Waals surface area contributed by atoms with Crippen molar-refractivity contribution in [2.24, 2.45) is 5.41 Å². The van der Waals surface area contributed by atoms with Crippen molar-refractivity contribution in [2.45, 2.75) is 27.3 Å². The normalized spacial score (nSPS) is 13.0. The Balaban J connectivity index is 2.87. The lowest BCUT2D eigenvalue weighted by atomic mass is 9.97. The lowest BCUT2D eigenvalue weighted by Crippen LogP contribution is -2.34. The van der Waals surface area contributed by atoms with Gasteiger partial charge in [0, 0.05) is 23.8 Å². The van der Waals surface area contributed by atoms with E-state index in [-0.39, 0.29) is 5.41 Å². The van der Waals surface area contributed by atoms with E-state index in [2.05, 4.69) is 0 Å². The second-order valence-corrected chi connectivity index (χ2v) is 7.77. The molecular weight excluding hydrogens is 258 g/mol. The molecule has 96 valence electrons. The van der Waals surface area contributed by atoms with Crippen molar-refractivity contribution in [3.05, 3.63) is 35.9 Å². The zero-order chi connectivity index (χ0) is 13.1. The Kier molecular flexibility index (Phi) is 4.58. The minimum atomic E-state index is -3.69. The molecule has 0 aromatic heterocycles. The highest BCUT2D eigenvalue weighted by Gasteiger charge is 2.25. The van der Waals surface area contributed by atoms with Crippen molar-refractivity contribution in [3.8, 4) is 0 Å². The third kappa shape index (κ3) is 5.52. The van der Waals surface area contributed by atoms with Crippen molar-refractivity contribution < 1.29 is 8.42 Å². The molecule has 0 N–H and O–H groups in total. The van der Waals surface area contributed by atoms with Crippen LogP contribution in [0.15, 0.2) is 30.3 Å². The number of benzene rings is 1. The van der Waals surface area contributed by atoms with E-state index in [4.69, 9.17) is 10.7 Å². The van der Waals surface area contributed by atoms with Crippen LogP contribution in [0.1, 0.15) is 26.3 Å². The lowest BCUT2D eigenvalue weighted by molar-refractivity contribution is 0.281. The van der Waals surface area contributed by atoms with Gasteiger partial charge in [-0.05, 0) is 11.0 Å². The lowest BCUT2D eigenvalue weighted by Gasteiger charge is -2.27. The SMILES string of the molecule is CC(C)(C)CN(Cc1ccccc1)S(=O)(=O)Cl. The molecule has 0 amide bonds. The van der Waals surface area contributed by atoms with E-state index >= 15 is 0 Å². The van der Waals surface area contributed by atoms with E-state index in [0.717, 1.165) is 5.56 Å². The van der Waals surface area contributed by atoms with Crippen LogP contribution < -0.4 is 0 Å². The van der Waals surface area contributed by atoms with Crippen LogP contribution in [0.25, 0.3) is 0 Å². The van der Waals surface area contributed by atoms with Gasteiger partial charge in [0.2, 0.25) is 0 Å². The first kappa shape index (κ1) is 14.5. The van der Waals surface area contributed by atoms with Crippen LogP contribution in [0.3, 0.4) is 0 Å². The summed E-state index contributed by atoms with van der Waals surface area (Å²) < 4.78 is 24.3. The Morgan fingerprint density at radius 2 is 1.71 bits per heavy atom. The molecule has 0 spiro atoms. The van der Waals surface area contributed by atoms with Gasteiger partial charge in [0.1, 0.15) is 0 Å². The maximum atomic E-state index is 11.5. The second kappa shape index (κ2) is 5.38. The Morgan fingerprint density at radius 1 is 1.18 bits per heavy atom. The summed E-state index contributed by atoms with van der Waals surface area (Å²) in [5, 5.41) is 0. The quantitative estimate of drug-likeness (QED) is 0.792. The van der Waals surface area contributed by atoms with Crippen molar-refractivity contribution in [3.63, 3.8) is 0 Å². The second-order valence-electron chi connectivity index (χ2n) is 5.26. The standard InChI is InChI=1S/C12H18ClNO2S/c1-12(2,3)10-14(17(13,15)16)9-11-7-5-4-6-8-11/h4-8H,9-10H2,1-3H3. The number of hydrogen-bond donors (Lipinski definition) is 0. The number of halogens is 1. The van der Waals surface area contributed by atoms with Crippen molar-refractivity contribution >= 4 is 19.9 Å². The van der Waals surface area contributed by atoms with Crippen molar-refractivity contribution in [1.82, 2.24) is 4.31 Å². The van der Waals surface area contributed by atoms with E-state index in [1.807, 2.05) is 51.1 Å². The van der Waals surface area contributed by atoms with Crippen LogP contribution in [0, 0.1) is 5.41 Å². The monoisotopic (exact) mass is 275 g/mol. The van der Waals surface area contributed by atoms with Gasteiger partial charge in [0.05, 0.1) is 0 Å². The van der Waals surface area contributed by atoms with Gasteiger partial charge in [-0.2, -0.15) is 12.7 Å². The molecule has 0 bridgehead atoms. The molecule has 0 saturated carbocycles. The fourth-order valence-electron chi connectivity index (χ4n) is 1.53.